The summed E-state index contributed by atoms with van der Waals surface area (Å²) >= 11 is 0. The summed E-state index contributed by atoms with van der Waals surface area (Å²) in [5.74, 6) is 1.28. The van der Waals surface area contributed by atoms with Crippen molar-refractivity contribution in [3.8, 4) is 5.75 Å². The normalized spacial score (nSPS) is 12.0. The maximum atomic E-state index is 5.90. The van der Waals surface area contributed by atoms with Crippen LogP contribution in [0, 0.1) is 0 Å². The van der Waals surface area contributed by atoms with Crippen molar-refractivity contribution in [3.05, 3.63) is 24.1 Å². The van der Waals surface area contributed by atoms with Crippen molar-refractivity contribution >= 4 is 11.1 Å². The highest BCUT2D eigenvalue weighted by Gasteiger charge is 2.21. The van der Waals surface area contributed by atoms with Crippen LogP contribution in [0.15, 0.2) is 22.6 Å². The molecule has 4 heteroatoms. The minimum absolute atomic E-state index is 0.533. The summed E-state index contributed by atoms with van der Waals surface area (Å²) in [5, 5.41) is 0. The van der Waals surface area contributed by atoms with E-state index in [9.17, 15) is 0 Å². The van der Waals surface area contributed by atoms with Crippen LogP contribution in [0.4, 0.5) is 0 Å². The van der Waals surface area contributed by atoms with Crippen molar-refractivity contribution in [3.63, 3.8) is 0 Å². The van der Waals surface area contributed by atoms with Crippen LogP contribution in [-0.2, 0) is 5.54 Å². The topological polar surface area (TPSA) is 61.3 Å². The molecule has 2 rings (SSSR count). The molecule has 0 aliphatic rings. The van der Waals surface area contributed by atoms with Crippen LogP contribution < -0.4 is 10.5 Å². The van der Waals surface area contributed by atoms with Gasteiger partial charge in [0.05, 0.1) is 12.6 Å². The molecule has 0 bridgehead atoms. The Morgan fingerprint density at radius 2 is 2.13 bits per heavy atom. The molecule has 2 aromatic rings. The van der Waals surface area contributed by atoms with Gasteiger partial charge in [-0.25, -0.2) is 4.98 Å². The first kappa shape index (κ1) is 9.98. The van der Waals surface area contributed by atoms with Gasteiger partial charge in [-0.3, -0.25) is 0 Å². The molecule has 0 radical (unpaired) electrons. The molecule has 0 fully saturated rings. The maximum Gasteiger partial charge on any atom is 0.215 e. The summed E-state index contributed by atoms with van der Waals surface area (Å²) in [6.45, 7) is 3.71. The number of aromatic nitrogens is 1. The first-order chi connectivity index (χ1) is 7.00. The van der Waals surface area contributed by atoms with Crippen molar-refractivity contribution < 1.29 is 9.15 Å². The van der Waals surface area contributed by atoms with Crippen LogP contribution >= 0.6 is 0 Å². The molecule has 80 valence electrons. The lowest BCUT2D eigenvalue weighted by Crippen LogP contribution is -2.28. The monoisotopic (exact) mass is 206 g/mol. The number of hydrogen-bond acceptors (Lipinski definition) is 4. The van der Waals surface area contributed by atoms with Gasteiger partial charge < -0.3 is 14.9 Å². The van der Waals surface area contributed by atoms with Crippen molar-refractivity contribution in [1.82, 2.24) is 4.98 Å². The standard InChI is InChI=1S/C11H14N2O2/c1-11(2,12)10-13-8-5-4-7(14-3)6-9(8)15-10/h4-6H,12H2,1-3H3. The molecule has 0 aliphatic carbocycles. The van der Waals surface area contributed by atoms with E-state index in [1.54, 1.807) is 13.2 Å². The highest BCUT2D eigenvalue weighted by atomic mass is 16.5. The van der Waals surface area contributed by atoms with E-state index < -0.39 is 5.54 Å². The highest BCUT2D eigenvalue weighted by Crippen LogP contribution is 2.25. The summed E-state index contributed by atoms with van der Waals surface area (Å²) in [7, 11) is 1.62. The Labute approximate surface area is 88.0 Å². The molecule has 0 aliphatic heterocycles. The van der Waals surface area contributed by atoms with Gasteiger partial charge in [-0.2, -0.15) is 0 Å². The Morgan fingerprint density at radius 1 is 1.40 bits per heavy atom. The fourth-order valence-electron chi connectivity index (χ4n) is 1.31. The van der Waals surface area contributed by atoms with Gasteiger partial charge in [0.15, 0.2) is 5.58 Å². The molecular weight excluding hydrogens is 192 g/mol. The lowest BCUT2D eigenvalue weighted by molar-refractivity contribution is 0.392. The van der Waals surface area contributed by atoms with Gasteiger partial charge in [0, 0.05) is 6.07 Å². The Balaban J connectivity index is 2.56. The van der Waals surface area contributed by atoms with Crippen LogP contribution in [0.1, 0.15) is 19.7 Å². The SMILES string of the molecule is COc1ccc2nc(C(C)(C)N)oc2c1. The Kier molecular flexibility index (Phi) is 2.16. The molecule has 15 heavy (non-hydrogen) atoms. The molecule has 0 amide bonds. The fourth-order valence-corrected chi connectivity index (χ4v) is 1.31. The van der Waals surface area contributed by atoms with Crippen LogP contribution in [0.3, 0.4) is 0 Å². The molecule has 0 atom stereocenters. The second kappa shape index (κ2) is 3.24. The average molecular weight is 206 g/mol. The minimum Gasteiger partial charge on any atom is -0.497 e. The summed E-state index contributed by atoms with van der Waals surface area (Å²) < 4.78 is 10.7. The summed E-state index contributed by atoms with van der Waals surface area (Å²) in [4.78, 5) is 4.31. The maximum absolute atomic E-state index is 5.90. The number of fused-ring (bicyclic) bond motifs is 1. The van der Waals surface area contributed by atoms with E-state index in [-0.39, 0.29) is 0 Å². The lowest BCUT2D eigenvalue weighted by Gasteiger charge is -2.11. The van der Waals surface area contributed by atoms with Crippen molar-refractivity contribution in [2.45, 2.75) is 19.4 Å². The van der Waals surface area contributed by atoms with E-state index in [0.29, 0.717) is 11.5 Å². The number of nitrogens with zero attached hydrogens (tertiary/aromatic N) is 1. The largest absolute Gasteiger partial charge is 0.497 e. The molecular formula is C11H14N2O2. The Morgan fingerprint density at radius 3 is 2.73 bits per heavy atom. The second-order valence-corrected chi connectivity index (χ2v) is 4.07. The van der Waals surface area contributed by atoms with E-state index >= 15 is 0 Å². The number of hydrogen-bond donors (Lipinski definition) is 1. The first-order valence-corrected chi connectivity index (χ1v) is 4.74. The van der Waals surface area contributed by atoms with Crippen LogP contribution in [-0.4, -0.2) is 12.1 Å². The molecule has 1 aromatic carbocycles. The van der Waals surface area contributed by atoms with E-state index in [0.717, 1.165) is 11.3 Å². The van der Waals surface area contributed by atoms with Crippen molar-refractivity contribution in [1.29, 1.82) is 0 Å². The third-order valence-corrected chi connectivity index (χ3v) is 2.15. The number of benzene rings is 1. The predicted molar refractivity (Wildman–Crippen MR) is 57.8 cm³/mol. The summed E-state index contributed by atoms with van der Waals surface area (Å²) in [6.07, 6.45) is 0. The number of nitrogens with two attached hydrogens (primary N) is 1. The zero-order valence-electron chi connectivity index (χ0n) is 9.07. The van der Waals surface area contributed by atoms with E-state index in [1.807, 2.05) is 26.0 Å². The number of oxazole rings is 1. The van der Waals surface area contributed by atoms with Gasteiger partial charge in [-0.1, -0.05) is 0 Å². The van der Waals surface area contributed by atoms with Gasteiger partial charge >= 0.3 is 0 Å². The van der Waals surface area contributed by atoms with Gasteiger partial charge in [0.2, 0.25) is 5.89 Å². The molecule has 0 spiro atoms. The predicted octanol–water partition coefficient (Wildman–Crippen LogP) is 2.03. The fraction of sp³-hybridized carbons (Fsp3) is 0.364. The number of rotatable bonds is 2. The zero-order valence-corrected chi connectivity index (χ0v) is 9.07. The van der Waals surface area contributed by atoms with Crippen LogP contribution in [0.2, 0.25) is 0 Å². The Hall–Kier alpha value is -1.55. The lowest BCUT2D eigenvalue weighted by atomic mass is 10.1. The molecule has 0 saturated heterocycles. The average Bonchev–Trinajstić information content (AvgIpc) is 2.59. The Bertz CT molecular complexity index is 483. The number of ether oxygens (including phenoxy) is 1. The third kappa shape index (κ3) is 1.80. The smallest absolute Gasteiger partial charge is 0.215 e. The summed E-state index contributed by atoms with van der Waals surface area (Å²) in [6, 6.07) is 5.50. The van der Waals surface area contributed by atoms with E-state index in [2.05, 4.69) is 4.98 Å². The molecule has 2 N–H and O–H groups in total. The van der Waals surface area contributed by atoms with E-state index in [4.69, 9.17) is 14.9 Å². The van der Waals surface area contributed by atoms with Crippen LogP contribution in [0.25, 0.3) is 11.1 Å². The molecule has 1 aromatic heterocycles. The quantitative estimate of drug-likeness (QED) is 0.816. The van der Waals surface area contributed by atoms with Gasteiger partial charge in [0.25, 0.3) is 0 Å². The van der Waals surface area contributed by atoms with E-state index in [1.165, 1.54) is 0 Å². The molecule has 1 heterocycles. The molecule has 4 nitrogen and oxygen atoms in total. The van der Waals surface area contributed by atoms with Gasteiger partial charge in [0.1, 0.15) is 11.3 Å². The van der Waals surface area contributed by atoms with Crippen molar-refractivity contribution in [2.75, 3.05) is 7.11 Å². The summed E-state index contributed by atoms with van der Waals surface area (Å²) in [5.41, 5.74) is 6.83. The molecule has 0 unspecified atom stereocenters. The first-order valence-electron chi connectivity index (χ1n) is 4.74. The second-order valence-electron chi connectivity index (χ2n) is 4.07. The highest BCUT2D eigenvalue weighted by molar-refractivity contribution is 5.74. The van der Waals surface area contributed by atoms with Crippen molar-refractivity contribution in [2.24, 2.45) is 5.73 Å². The van der Waals surface area contributed by atoms with Gasteiger partial charge in [-0.05, 0) is 26.0 Å². The van der Waals surface area contributed by atoms with Gasteiger partial charge in [-0.15, -0.1) is 0 Å². The van der Waals surface area contributed by atoms with Crippen LogP contribution in [0.5, 0.6) is 5.75 Å². The third-order valence-electron chi connectivity index (χ3n) is 2.15. The zero-order chi connectivity index (χ0) is 11.1. The molecule has 0 saturated carbocycles. The minimum atomic E-state index is -0.563. The number of methoxy groups -OCH3 is 1.